The number of aliphatic hydroxyl groups excluding tert-OH is 2. The van der Waals surface area contributed by atoms with Crippen LogP contribution in [0, 0.1) is 28.6 Å². The lowest BCUT2D eigenvalue weighted by Crippen LogP contribution is -2.69. The Kier molecular flexibility index (Phi) is 6.41. The van der Waals surface area contributed by atoms with E-state index < -0.39 is 46.6 Å². The van der Waals surface area contributed by atoms with Gasteiger partial charge >= 0.3 is 5.97 Å². The molecule has 4 aliphatic carbocycles. The Hall–Kier alpha value is -1.36. The topological polar surface area (TPSA) is 143 Å². The molecule has 9 heteroatoms. The molecular formula is C29H42O9. The number of carbonyl (C=O) groups excluding carboxylic acids is 2. The maximum atomic E-state index is 12.9. The quantitative estimate of drug-likeness (QED) is 0.241. The van der Waals surface area contributed by atoms with Gasteiger partial charge in [0, 0.05) is 24.3 Å². The van der Waals surface area contributed by atoms with Crippen molar-refractivity contribution in [2.45, 2.75) is 120 Å². The second-order valence-electron chi connectivity index (χ2n) is 13.3. The highest BCUT2D eigenvalue weighted by molar-refractivity contribution is 5.85. The first-order valence-electron chi connectivity index (χ1n) is 14.4. The van der Waals surface area contributed by atoms with Crippen LogP contribution in [0.15, 0.2) is 11.6 Å². The van der Waals surface area contributed by atoms with Crippen molar-refractivity contribution < 1.29 is 44.2 Å². The van der Waals surface area contributed by atoms with Crippen LogP contribution in [0.1, 0.15) is 78.1 Å². The Morgan fingerprint density at radius 1 is 1.05 bits per heavy atom. The van der Waals surface area contributed by atoms with Crippen molar-refractivity contribution in [2.24, 2.45) is 28.6 Å². The van der Waals surface area contributed by atoms with Gasteiger partial charge in [-0.1, -0.05) is 6.92 Å². The van der Waals surface area contributed by atoms with Crippen LogP contribution in [-0.4, -0.2) is 81.2 Å². The Morgan fingerprint density at radius 3 is 2.50 bits per heavy atom. The maximum absolute atomic E-state index is 12.9. The van der Waals surface area contributed by atoms with Crippen LogP contribution in [0.3, 0.4) is 0 Å². The molecule has 0 aromatic heterocycles. The largest absolute Gasteiger partial charge is 0.458 e. The number of esters is 1. The van der Waals surface area contributed by atoms with Gasteiger partial charge in [0.1, 0.15) is 19.0 Å². The van der Waals surface area contributed by atoms with E-state index in [1.807, 2.05) is 0 Å². The van der Waals surface area contributed by atoms with E-state index in [-0.39, 0.29) is 36.2 Å². The summed E-state index contributed by atoms with van der Waals surface area (Å²) in [7, 11) is 0. The van der Waals surface area contributed by atoms with Gasteiger partial charge < -0.3 is 39.4 Å². The lowest BCUT2D eigenvalue weighted by molar-refractivity contribution is -0.286. The van der Waals surface area contributed by atoms with Gasteiger partial charge in [0.15, 0.2) is 6.29 Å². The SMILES string of the molecule is C[C@H]1O[C@@H](O[C@H]2CC[C@]3(C=O)[C@H]4CC[C@]5(C)[C@@H](C6=CC(=O)OC6)CC[C@]5(O)[C@H]4CC[C@]3(O)C2)C[C@H](O)[C@H]1O. The van der Waals surface area contributed by atoms with E-state index in [1.165, 1.54) is 0 Å². The average Bonchev–Trinajstić information content (AvgIpc) is 3.41. The molecule has 9 nitrogen and oxygen atoms in total. The van der Waals surface area contributed by atoms with Crippen LogP contribution < -0.4 is 0 Å². The normalized spacial score (nSPS) is 54.4. The van der Waals surface area contributed by atoms with Crippen molar-refractivity contribution in [1.82, 2.24) is 0 Å². The molecule has 12 atom stereocenters. The van der Waals surface area contributed by atoms with Gasteiger partial charge in [0.25, 0.3) is 0 Å². The Bertz CT molecular complexity index is 1000. The molecule has 0 aromatic carbocycles. The fourth-order valence-corrected chi connectivity index (χ4v) is 9.76. The van der Waals surface area contributed by atoms with Crippen molar-refractivity contribution in [3.05, 3.63) is 11.6 Å². The first-order valence-corrected chi connectivity index (χ1v) is 14.4. The van der Waals surface area contributed by atoms with Crippen LogP contribution in [-0.2, 0) is 23.8 Å². The van der Waals surface area contributed by atoms with E-state index in [9.17, 15) is 30.0 Å². The van der Waals surface area contributed by atoms with Crippen LogP contribution >= 0.6 is 0 Å². The second-order valence-corrected chi connectivity index (χ2v) is 13.3. The summed E-state index contributed by atoms with van der Waals surface area (Å²) in [6, 6.07) is 0. The third-order valence-corrected chi connectivity index (χ3v) is 11.9. The summed E-state index contributed by atoms with van der Waals surface area (Å²) >= 11 is 0. The van der Waals surface area contributed by atoms with Gasteiger partial charge in [-0.05, 0) is 81.6 Å². The number of rotatable bonds is 4. The van der Waals surface area contributed by atoms with Crippen molar-refractivity contribution >= 4 is 12.3 Å². The number of ether oxygens (including phenoxy) is 3. The molecule has 5 fully saturated rings. The molecule has 0 aromatic rings. The standard InChI is InChI=1S/C29H42O9/c1-16-25(33)22(31)12-24(37-16)38-18-3-8-27(15-30)20-4-7-26(2)19(17-11-23(32)36-14-17)6-10-29(26,35)21(20)5-9-28(27,34)13-18/h11,15-16,18-22,24-25,31,33-35H,3-10,12-14H2,1-2H3/t16-,18+,19-,20+,21+,22+,24+,25+,26-,27+,28+,29+/m1/s1. The molecule has 212 valence electrons. The highest BCUT2D eigenvalue weighted by atomic mass is 16.7. The van der Waals surface area contributed by atoms with E-state index in [4.69, 9.17) is 14.2 Å². The summed E-state index contributed by atoms with van der Waals surface area (Å²) in [4.78, 5) is 24.7. The summed E-state index contributed by atoms with van der Waals surface area (Å²) in [5, 5.41) is 44.6. The third-order valence-electron chi connectivity index (χ3n) is 11.9. The van der Waals surface area contributed by atoms with Crippen molar-refractivity contribution in [1.29, 1.82) is 0 Å². The lowest BCUT2D eigenvalue weighted by atomic mass is 9.41. The summed E-state index contributed by atoms with van der Waals surface area (Å²) < 4.78 is 17.1. The number of carbonyl (C=O) groups is 2. The van der Waals surface area contributed by atoms with Crippen LogP contribution in [0.4, 0.5) is 0 Å². The van der Waals surface area contributed by atoms with E-state index in [0.717, 1.165) is 31.1 Å². The van der Waals surface area contributed by atoms with Crippen LogP contribution in [0.5, 0.6) is 0 Å². The summed E-state index contributed by atoms with van der Waals surface area (Å²) in [5.41, 5.74) is -2.60. The zero-order valence-corrected chi connectivity index (χ0v) is 22.4. The van der Waals surface area contributed by atoms with Crippen LogP contribution in [0.2, 0.25) is 0 Å². The lowest BCUT2D eigenvalue weighted by Gasteiger charge is -2.65. The number of hydrogen-bond donors (Lipinski definition) is 4. The monoisotopic (exact) mass is 534 g/mol. The third kappa shape index (κ3) is 3.65. The Labute approximate surface area is 223 Å². The van der Waals surface area contributed by atoms with E-state index in [0.29, 0.717) is 45.1 Å². The number of cyclic esters (lactones) is 1. The fourth-order valence-electron chi connectivity index (χ4n) is 9.76. The summed E-state index contributed by atoms with van der Waals surface area (Å²) in [6.07, 6.45) is 4.50. The molecule has 0 unspecified atom stereocenters. The first-order chi connectivity index (χ1) is 18.0. The van der Waals surface area contributed by atoms with Gasteiger partial charge in [0.2, 0.25) is 0 Å². The van der Waals surface area contributed by atoms with Crippen molar-refractivity contribution in [2.75, 3.05) is 6.61 Å². The van der Waals surface area contributed by atoms with Crippen molar-refractivity contribution in [3.63, 3.8) is 0 Å². The number of aldehydes is 1. The summed E-state index contributed by atoms with van der Waals surface area (Å²) in [6.45, 7) is 4.13. The van der Waals surface area contributed by atoms with E-state index in [1.54, 1.807) is 13.0 Å². The zero-order chi connectivity index (χ0) is 27.1. The molecule has 6 aliphatic rings. The molecule has 6 rings (SSSR count). The maximum Gasteiger partial charge on any atom is 0.331 e. The zero-order valence-electron chi connectivity index (χ0n) is 22.4. The molecule has 38 heavy (non-hydrogen) atoms. The Balaban J connectivity index is 1.22. The molecule has 0 bridgehead atoms. The molecule has 2 aliphatic heterocycles. The van der Waals surface area contributed by atoms with Crippen LogP contribution in [0.25, 0.3) is 0 Å². The minimum Gasteiger partial charge on any atom is -0.458 e. The van der Waals surface area contributed by atoms with Gasteiger partial charge in [0.05, 0.1) is 34.9 Å². The molecule has 0 radical (unpaired) electrons. The van der Waals surface area contributed by atoms with Crippen molar-refractivity contribution in [3.8, 4) is 0 Å². The van der Waals surface area contributed by atoms with Gasteiger partial charge in [-0.3, -0.25) is 0 Å². The van der Waals surface area contributed by atoms with Gasteiger partial charge in [-0.2, -0.15) is 0 Å². The molecule has 0 spiro atoms. The first kappa shape index (κ1) is 26.8. The average molecular weight is 535 g/mol. The second kappa shape index (κ2) is 9.08. The number of aliphatic hydroxyl groups is 4. The molecule has 4 N–H and O–H groups in total. The Morgan fingerprint density at radius 2 is 1.82 bits per heavy atom. The number of hydrogen-bond acceptors (Lipinski definition) is 9. The molecule has 0 amide bonds. The van der Waals surface area contributed by atoms with Gasteiger partial charge in [-0.15, -0.1) is 0 Å². The highest BCUT2D eigenvalue weighted by Gasteiger charge is 2.71. The van der Waals surface area contributed by atoms with E-state index >= 15 is 0 Å². The molecule has 4 saturated carbocycles. The molecular weight excluding hydrogens is 492 g/mol. The van der Waals surface area contributed by atoms with Gasteiger partial charge in [-0.25, -0.2) is 4.79 Å². The minimum absolute atomic E-state index is 0.0729. The molecule has 2 heterocycles. The predicted octanol–water partition coefficient (Wildman–Crippen LogP) is 1.78. The fraction of sp³-hybridized carbons (Fsp3) is 0.862. The number of fused-ring (bicyclic) bond motifs is 5. The highest BCUT2D eigenvalue weighted by Crippen LogP contribution is 2.70. The predicted molar refractivity (Wildman–Crippen MR) is 133 cm³/mol. The molecule has 1 saturated heterocycles. The summed E-state index contributed by atoms with van der Waals surface area (Å²) in [5.74, 6) is -0.473. The smallest absolute Gasteiger partial charge is 0.331 e. The van der Waals surface area contributed by atoms with E-state index in [2.05, 4.69) is 6.92 Å². The minimum atomic E-state index is -1.24.